The molecule has 3 heteroatoms. The van der Waals surface area contributed by atoms with E-state index in [-0.39, 0.29) is 5.78 Å². The van der Waals surface area contributed by atoms with Gasteiger partial charge in [-0.1, -0.05) is 0 Å². The zero-order valence-electron chi connectivity index (χ0n) is 6.54. The summed E-state index contributed by atoms with van der Waals surface area (Å²) in [6, 6.07) is 0. The lowest BCUT2D eigenvalue weighted by Gasteiger charge is -2.14. The Hall–Kier alpha value is -0.830. The second-order valence-electron chi connectivity index (χ2n) is 2.60. The molecule has 1 atom stereocenters. The van der Waals surface area contributed by atoms with E-state index in [4.69, 9.17) is 9.84 Å². The molecule has 0 saturated carbocycles. The van der Waals surface area contributed by atoms with Gasteiger partial charge in [-0.2, -0.15) is 0 Å². The minimum atomic E-state index is -0.945. The molecule has 1 aliphatic rings. The van der Waals surface area contributed by atoms with E-state index in [1.807, 2.05) is 0 Å². The Balaban J connectivity index is 2.58. The van der Waals surface area contributed by atoms with Crippen molar-refractivity contribution < 1.29 is 14.6 Å². The number of rotatable bonds is 2. The van der Waals surface area contributed by atoms with Gasteiger partial charge in [0.05, 0.1) is 6.61 Å². The van der Waals surface area contributed by atoms with Crippen molar-refractivity contribution in [3.05, 3.63) is 11.8 Å². The smallest absolute Gasteiger partial charge is 0.225 e. The van der Waals surface area contributed by atoms with Crippen LogP contribution in [-0.2, 0) is 9.53 Å². The van der Waals surface area contributed by atoms with Crippen LogP contribution in [0.15, 0.2) is 11.8 Å². The van der Waals surface area contributed by atoms with Crippen LogP contribution < -0.4 is 0 Å². The molecular formula is C8H12O3. The highest BCUT2D eigenvalue weighted by molar-refractivity contribution is 5.96. The first-order valence-electron chi connectivity index (χ1n) is 3.77. The van der Waals surface area contributed by atoms with Gasteiger partial charge in [-0.25, -0.2) is 0 Å². The van der Waals surface area contributed by atoms with Crippen LogP contribution in [-0.4, -0.2) is 23.6 Å². The fourth-order valence-electron chi connectivity index (χ4n) is 0.935. The van der Waals surface area contributed by atoms with Crippen LogP contribution in [0.3, 0.4) is 0 Å². The molecule has 62 valence electrons. The predicted octanol–water partition coefficient (Wildman–Crippen LogP) is 0.631. The maximum atomic E-state index is 11.1. The third-order valence-electron chi connectivity index (χ3n) is 1.56. The standard InChI is InChI=1S/C8H12O3/c1-6(9)8(10)7-4-2-3-5-11-7/h4,6,9H,2-3,5H2,1H3. The number of ketones is 1. The van der Waals surface area contributed by atoms with E-state index in [1.54, 1.807) is 6.08 Å². The molecule has 1 unspecified atom stereocenters. The second kappa shape index (κ2) is 3.53. The van der Waals surface area contributed by atoms with Crippen LogP contribution in [0.25, 0.3) is 0 Å². The molecule has 0 aliphatic carbocycles. The average molecular weight is 156 g/mol. The number of carbonyl (C=O) groups excluding carboxylic acids is 1. The van der Waals surface area contributed by atoms with Crippen LogP contribution >= 0.6 is 0 Å². The first-order chi connectivity index (χ1) is 5.22. The van der Waals surface area contributed by atoms with Gasteiger partial charge in [0, 0.05) is 0 Å². The molecule has 1 heterocycles. The molecule has 0 amide bonds. The highest BCUT2D eigenvalue weighted by Gasteiger charge is 2.17. The molecule has 1 N–H and O–H groups in total. The highest BCUT2D eigenvalue weighted by atomic mass is 16.5. The second-order valence-corrected chi connectivity index (χ2v) is 2.60. The molecule has 0 aromatic rings. The number of carbonyl (C=O) groups is 1. The highest BCUT2D eigenvalue weighted by Crippen LogP contribution is 2.11. The van der Waals surface area contributed by atoms with E-state index in [2.05, 4.69) is 0 Å². The predicted molar refractivity (Wildman–Crippen MR) is 40.0 cm³/mol. The molecule has 3 nitrogen and oxygen atoms in total. The van der Waals surface area contributed by atoms with Crippen molar-refractivity contribution in [2.75, 3.05) is 6.61 Å². The first-order valence-corrected chi connectivity index (χ1v) is 3.77. The van der Waals surface area contributed by atoms with E-state index in [0.717, 1.165) is 12.8 Å². The van der Waals surface area contributed by atoms with Gasteiger partial charge in [0.15, 0.2) is 5.76 Å². The van der Waals surface area contributed by atoms with E-state index in [0.29, 0.717) is 12.4 Å². The van der Waals surface area contributed by atoms with Gasteiger partial charge in [0.25, 0.3) is 0 Å². The molecule has 0 aromatic carbocycles. The molecule has 0 fully saturated rings. The van der Waals surface area contributed by atoms with Crippen molar-refractivity contribution in [1.29, 1.82) is 0 Å². The van der Waals surface area contributed by atoms with Crippen molar-refractivity contribution in [3.8, 4) is 0 Å². The van der Waals surface area contributed by atoms with Crippen molar-refractivity contribution in [3.63, 3.8) is 0 Å². The fourth-order valence-corrected chi connectivity index (χ4v) is 0.935. The Bertz CT molecular complexity index is 182. The molecule has 0 spiro atoms. The van der Waals surface area contributed by atoms with E-state index in [1.165, 1.54) is 6.92 Å². The SMILES string of the molecule is CC(O)C(=O)C1=CCCCO1. The number of aliphatic hydroxyl groups excluding tert-OH is 1. The van der Waals surface area contributed by atoms with Crippen LogP contribution in [0.1, 0.15) is 19.8 Å². The minimum Gasteiger partial charge on any atom is -0.490 e. The average Bonchev–Trinajstić information content (AvgIpc) is 2.05. The molecule has 0 radical (unpaired) electrons. The Kier molecular flexibility index (Phi) is 2.65. The molecule has 1 rings (SSSR count). The van der Waals surface area contributed by atoms with Crippen molar-refractivity contribution in [2.24, 2.45) is 0 Å². The quantitative estimate of drug-likeness (QED) is 0.637. The summed E-state index contributed by atoms with van der Waals surface area (Å²) in [5.74, 6) is 0.0101. The Labute approximate surface area is 65.7 Å². The van der Waals surface area contributed by atoms with E-state index < -0.39 is 6.10 Å². The zero-order valence-corrected chi connectivity index (χ0v) is 6.54. The number of hydrogen-bond donors (Lipinski definition) is 1. The number of allylic oxidation sites excluding steroid dienone is 1. The number of aliphatic hydroxyl groups is 1. The Morgan fingerprint density at radius 2 is 2.55 bits per heavy atom. The number of ether oxygens (including phenoxy) is 1. The minimum absolute atomic E-state index is 0.315. The molecular weight excluding hydrogens is 144 g/mol. The Morgan fingerprint density at radius 3 is 3.00 bits per heavy atom. The Morgan fingerprint density at radius 1 is 1.82 bits per heavy atom. The third kappa shape index (κ3) is 2.05. The first kappa shape index (κ1) is 8.27. The summed E-state index contributed by atoms with van der Waals surface area (Å²) in [5.41, 5.74) is 0. The lowest BCUT2D eigenvalue weighted by molar-refractivity contribution is -0.126. The monoisotopic (exact) mass is 156 g/mol. The third-order valence-corrected chi connectivity index (χ3v) is 1.56. The van der Waals surface area contributed by atoms with Crippen LogP contribution in [0.5, 0.6) is 0 Å². The summed E-state index contributed by atoms with van der Waals surface area (Å²) in [5, 5.41) is 8.90. The van der Waals surface area contributed by atoms with Crippen LogP contribution in [0.4, 0.5) is 0 Å². The maximum absolute atomic E-state index is 11.1. The van der Waals surface area contributed by atoms with Crippen molar-refractivity contribution in [1.82, 2.24) is 0 Å². The lowest BCUT2D eigenvalue weighted by atomic mass is 10.1. The fraction of sp³-hybridized carbons (Fsp3) is 0.625. The molecule has 1 aliphatic heterocycles. The maximum Gasteiger partial charge on any atom is 0.225 e. The summed E-state index contributed by atoms with van der Waals surface area (Å²) in [7, 11) is 0. The van der Waals surface area contributed by atoms with Crippen molar-refractivity contribution in [2.45, 2.75) is 25.9 Å². The lowest BCUT2D eigenvalue weighted by Crippen LogP contribution is -2.21. The summed E-state index contributed by atoms with van der Waals surface area (Å²) < 4.78 is 5.05. The molecule has 0 bridgehead atoms. The van der Waals surface area contributed by atoms with Crippen LogP contribution in [0.2, 0.25) is 0 Å². The normalized spacial score (nSPS) is 20.0. The van der Waals surface area contributed by atoms with Gasteiger partial charge in [-0.05, 0) is 25.8 Å². The summed E-state index contributed by atoms with van der Waals surface area (Å²) >= 11 is 0. The summed E-state index contributed by atoms with van der Waals surface area (Å²) in [4.78, 5) is 11.1. The van der Waals surface area contributed by atoms with Gasteiger partial charge in [-0.3, -0.25) is 4.79 Å². The van der Waals surface area contributed by atoms with Gasteiger partial charge in [-0.15, -0.1) is 0 Å². The topological polar surface area (TPSA) is 46.5 Å². The zero-order chi connectivity index (χ0) is 8.27. The molecule has 0 saturated heterocycles. The molecule has 11 heavy (non-hydrogen) atoms. The van der Waals surface area contributed by atoms with Gasteiger partial charge >= 0.3 is 0 Å². The largest absolute Gasteiger partial charge is 0.490 e. The number of Topliss-reactive ketones (excluding diaryl/α,β-unsaturated/α-hetero) is 1. The number of hydrogen-bond acceptors (Lipinski definition) is 3. The van der Waals surface area contributed by atoms with Gasteiger partial charge < -0.3 is 9.84 Å². The molecule has 0 aromatic heterocycles. The van der Waals surface area contributed by atoms with Gasteiger partial charge in [0.1, 0.15) is 6.10 Å². The van der Waals surface area contributed by atoms with E-state index in [9.17, 15) is 4.79 Å². The summed E-state index contributed by atoms with van der Waals surface area (Å²) in [6.07, 6.45) is 2.61. The van der Waals surface area contributed by atoms with Crippen LogP contribution in [0, 0.1) is 0 Å². The van der Waals surface area contributed by atoms with Crippen molar-refractivity contribution >= 4 is 5.78 Å². The van der Waals surface area contributed by atoms with Gasteiger partial charge in [0.2, 0.25) is 5.78 Å². The summed E-state index contributed by atoms with van der Waals surface area (Å²) in [6.45, 7) is 2.03. The van der Waals surface area contributed by atoms with E-state index >= 15 is 0 Å².